The number of fused-ring (bicyclic) bond motifs is 1. The maximum atomic E-state index is 13.4. The Morgan fingerprint density at radius 1 is 1.05 bits per heavy atom. The number of nitrogens with one attached hydrogen (secondary N) is 3. The molecule has 1 unspecified atom stereocenters. The van der Waals surface area contributed by atoms with Gasteiger partial charge in [0, 0.05) is 26.0 Å². The molecule has 10 heteroatoms. The van der Waals surface area contributed by atoms with Crippen LogP contribution in [-0.4, -0.2) is 23.5 Å². The number of hydrogen-bond acceptors (Lipinski definition) is 6. The van der Waals surface area contributed by atoms with Crippen molar-refractivity contribution in [2.24, 2.45) is 5.92 Å². The fourth-order valence-electron chi connectivity index (χ4n) is 4.84. The molecular formula is C34H29ClN4O3S2. The van der Waals surface area contributed by atoms with Crippen molar-refractivity contribution in [2.75, 3.05) is 16.4 Å². The lowest BCUT2D eigenvalue weighted by Crippen LogP contribution is -2.30. The van der Waals surface area contributed by atoms with Crippen molar-refractivity contribution < 1.29 is 14.4 Å². The highest BCUT2D eigenvalue weighted by Gasteiger charge is 2.24. The quantitative estimate of drug-likeness (QED) is 0.129. The molecule has 3 aromatic carbocycles. The van der Waals surface area contributed by atoms with Crippen LogP contribution in [0, 0.1) is 17.2 Å². The molecule has 1 aliphatic rings. The average molecular weight is 641 g/mol. The highest BCUT2D eigenvalue weighted by molar-refractivity contribution is 8.00. The Bertz CT molecular complexity index is 1780. The zero-order valence-electron chi connectivity index (χ0n) is 23.9. The van der Waals surface area contributed by atoms with E-state index in [2.05, 4.69) is 28.9 Å². The van der Waals surface area contributed by atoms with Gasteiger partial charge in [-0.15, -0.1) is 23.1 Å². The molecule has 1 atom stereocenters. The molecule has 1 aromatic heterocycles. The average Bonchev–Trinajstić information content (AvgIpc) is 3.36. The first-order valence-electron chi connectivity index (χ1n) is 14.0. The van der Waals surface area contributed by atoms with Crippen LogP contribution in [0.3, 0.4) is 0 Å². The van der Waals surface area contributed by atoms with Crippen molar-refractivity contribution in [3.8, 4) is 6.07 Å². The summed E-state index contributed by atoms with van der Waals surface area (Å²) >= 11 is 8.96. The Morgan fingerprint density at radius 3 is 2.61 bits per heavy atom. The predicted octanol–water partition coefficient (Wildman–Crippen LogP) is 7.54. The van der Waals surface area contributed by atoms with Gasteiger partial charge >= 0.3 is 0 Å². The Kier molecular flexibility index (Phi) is 10.2. The summed E-state index contributed by atoms with van der Waals surface area (Å²) in [6.45, 7) is 2.21. The minimum Gasteiger partial charge on any atom is -0.321 e. The topological polar surface area (TPSA) is 111 Å². The second-order valence-corrected chi connectivity index (χ2v) is 13.0. The van der Waals surface area contributed by atoms with Gasteiger partial charge < -0.3 is 16.0 Å². The van der Waals surface area contributed by atoms with Gasteiger partial charge in [-0.1, -0.05) is 54.9 Å². The maximum Gasteiger partial charge on any atom is 0.272 e. The summed E-state index contributed by atoms with van der Waals surface area (Å²) in [5.41, 5.74) is 3.25. The van der Waals surface area contributed by atoms with E-state index >= 15 is 0 Å². The van der Waals surface area contributed by atoms with Gasteiger partial charge in [0.15, 0.2) is 0 Å². The Balaban J connectivity index is 1.25. The number of thiophene rings is 1. The van der Waals surface area contributed by atoms with Crippen molar-refractivity contribution in [3.05, 3.63) is 117 Å². The number of carbonyl (C=O) groups is 3. The molecule has 5 rings (SSSR count). The van der Waals surface area contributed by atoms with Gasteiger partial charge in [-0.05, 0) is 84.8 Å². The second kappa shape index (κ2) is 14.4. The molecule has 0 bridgehead atoms. The van der Waals surface area contributed by atoms with Crippen LogP contribution >= 0.6 is 34.7 Å². The lowest BCUT2D eigenvalue weighted by atomic mass is 9.89. The van der Waals surface area contributed by atoms with E-state index in [1.807, 2.05) is 6.07 Å². The van der Waals surface area contributed by atoms with E-state index < -0.39 is 11.8 Å². The van der Waals surface area contributed by atoms with Crippen molar-refractivity contribution in [1.29, 1.82) is 5.26 Å². The summed E-state index contributed by atoms with van der Waals surface area (Å²) in [6.07, 6.45) is 4.41. The van der Waals surface area contributed by atoms with Crippen LogP contribution in [0.15, 0.2) is 89.5 Å². The molecule has 222 valence electrons. The van der Waals surface area contributed by atoms with Crippen molar-refractivity contribution in [2.45, 2.75) is 31.1 Å². The van der Waals surface area contributed by atoms with Gasteiger partial charge in [0.25, 0.3) is 11.8 Å². The van der Waals surface area contributed by atoms with E-state index in [9.17, 15) is 19.6 Å². The lowest BCUT2D eigenvalue weighted by Gasteiger charge is -2.17. The summed E-state index contributed by atoms with van der Waals surface area (Å²) in [7, 11) is 0. The highest BCUT2D eigenvalue weighted by atomic mass is 35.5. The third kappa shape index (κ3) is 7.97. The van der Waals surface area contributed by atoms with Crippen molar-refractivity contribution in [3.63, 3.8) is 0 Å². The van der Waals surface area contributed by atoms with E-state index in [1.165, 1.54) is 28.0 Å². The summed E-state index contributed by atoms with van der Waals surface area (Å²) in [5, 5.41) is 19.3. The van der Waals surface area contributed by atoms with Gasteiger partial charge in [0.1, 0.15) is 16.8 Å². The maximum absolute atomic E-state index is 13.4. The van der Waals surface area contributed by atoms with Gasteiger partial charge in [0.05, 0.1) is 11.3 Å². The highest BCUT2D eigenvalue weighted by Crippen LogP contribution is 2.39. The molecule has 0 saturated carbocycles. The minimum atomic E-state index is -0.519. The molecule has 7 nitrogen and oxygen atoms in total. The Morgan fingerprint density at radius 2 is 1.84 bits per heavy atom. The molecule has 3 amide bonds. The fourth-order valence-corrected chi connectivity index (χ4v) is 7.17. The van der Waals surface area contributed by atoms with E-state index in [4.69, 9.17) is 11.6 Å². The third-order valence-corrected chi connectivity index (χ3v) is 9.43. The first-order valence-corrected chi connectivity index (χ1v) is 16.2. The van der Waals surface area contributed by atoms with E-state index in [1.54, 1.807) is 78.9 Å². The third-order valence-electron chi connectivity index (χ3n) is 7.03. The molecule has 0 radical (unpaired) electrons. The van der Waals surface area contributed by atoms with Crippen LogP contribution < -0.4 is 16.0 Å². The minimum absolute atomic E-state index is 0.0416. The molecule has 1 heterocycles. The van der Waals surface area contributed by atoms with Crippen LogP contribution in [0.25, 0.3) is 6.08 Å². The van der Waals surface area contributed by atoms with Crippen LogP contribution in [0.1, 0.15) is 45.3 Å². The van der Waals surface area contributed by atoms with Crippen LogP contribution in [0.4, 0.5) is 10.7 Å². The zero-order valence-corrected chi connectivity index (χ0v) is 26.2. The van der Waals surface area contributed by atoms with E-state index in [-0.39, 0.29) is 17.4 Å². The molecule has 0 saturated heterocycles. The van der Waals surface area contributed by atoms with Crippen LogP contribution in [-0.2, 0) is 22.4 Å². The number of nitrogens with zero attached hydrogens (tertiary/aromatic N) is 1. The first-order chi connectivity index (χ1) is 21.3. The molecule has 0 fully saturated rings. The van der Waals surface area contributed by atoms with Gasteiger partial charge in [-0.3, -0.25) is 14.4 Å². The molecule has 1 aliphatic carbocycles. The van der Waals surface area contributed by atoms with Gasteiger partial charge in [-0.25, -0.2) is 0 Å². The van der Waals surface area contributed by atoms with Crippen molar-refractivity contribution >= 4 is 69.2 Å². The molecule has 0 aliphatic heterocycles. The first kappa shape index (κ1) is 31.1. The number of hydrogen-bond donors (Lipinski definition) is 3. The number of carbonyl (C=O) groups excluding carboxylic acids is 3. The number of benzene rings is 3. The van der Waals surface area contributed by atoms with Gasteiger partial charge in [-0.2, -0.15) is 5.26 Å². The Labute approximate surface area is 269 Å². The van der Waals surface area contributed by atoms with Crippen LogP contribution in [0.5, 0.6) is 0 Å². The SMILES string of the molecule is CC1CCc2c(sc(NC(=O)CSc3cccc(NC(=O)/C(=C/c4cccc(Cl)c4)NC(=O)c4ccccc4)c3)c2C#N)C1. The summed E-state index contributed by atoms with van der Waals surface area (Å²) in [4.78, 5) is 41.1. The summed E-state index contributed by atoms with van der Waals surface area (Å²) < 4.78 is 0. The number of anilines is 2. The zero-order chi connectivity index (χ0) is 31.1. The molecule has 3 N–H and O–H groups in total. The van der Waals surface area contributed by atoms with Gasteiger partial charge in [0.2, 0.25) is 5.91 Å². The van der Waals surface area contributed by atoms with Crippen LogP contribution in [0.2, 0.25) is 5.02 Å². The fraction of sp³-hybridized carbons (Fsp3) is 0.176. The predicted molar refractivity (Wildman–Crippen MR) is 178 cm³/mol. The number of rotatable bonds is 9. The second-order valence-electron chi connectivity index (χ2n) is 10.4. The number of thioether (sulfide) groups is 1. The molecule has 44 heavy (non-hydrogen) atoms. The number of nitriles is 1. The lowest BCUT2D eigenvalue weighted by molar-refractivity contribution is -0.114. The number of halogens is 1. The number of amides is 3. The largest absolute Gasteiger partial charge is 0.321 e. The molecular weight excluding hydrogens is 612 g/mol. The Hall–Kier alpha value is -4.36. The smallest absolute Gasteiger partial charge is 0.272 e. The van der Waals surface area contributed by atoms with E-state index in [0.29, 0.717) is 38.3 Å². The monoisotopic (exact) mass is 640 g/mol. The molecule has 0 spiro atoms. The van der Waals surface area contributed by atoms with E-state index in [0.717, 1.165) is 29.7 Å². The van der Waals surface area contributed by atoms with Crippen molar-refractivity contribution in [1.82, 2.24) is 5.32 Å². The molecule has 4 aromatic rings. The normalized spacial score (nSPS) is 14.2. The standard InChI is InChI=1S/C34H29ClN4O3S2/c1-21-13-14-27-28(19-36)34(44-30(27)15-21)39-31(40)20-43-26-12-6-11-25(18-26)37-33(42)29(17-22-7-5-10-24(35)16-22)38-32(41)23-8-3-2-4-9-23/h2-12,16-18,21H,13-15,20H2,1H3,(H,37,42)(H,38,41)(H,39,40)/b29-17-. The summed E-state index contributed by atoms with van der Waals surface area (Å²) in [6, 6.07) is 25.0. The summed E-state index contributed by atoms with van der Waals surface area (Å²) in [5.74, 6) is -0.445.